The van der Waals surface area contributed by atoms with Gasteiger partial charge in [-0.25, -0.2) is 4.79 Å². The van der Waals surface area contributed by atoms with Gasteiger partial charge in [0.25, 0.3) is 0 Å². The molecule has 0 aliphatic heterocycles. The molecule has 0 spiro atoms. The first kappa shape index (κ1) is 26.0. The first-order valence-corrected chi connectivity index (χ1v) is 12.2. The van der Waals surface area contributed by atoms with E-state index in [1.54, 1.807) is 31.6 Å². The average molecular weight is 499 g/mol. The van der Waals surface area contributed by atoms with Crippen molar-refractivity contribution < 1.29 is 14.3 Å². The minimum Gasteiger partial charge on any atom is -0.494 e. The van der Waals surface area contributed by atoms with Crippen LogP contribution in [0.1, 0.15) is 31.9 Å². The molecule has 0 saturated carbocycles. The van der Waals surface area contributed by atoms with Crippen LogP contribution in [0.4, 0.5) is 16.2 Å². The van der Waals surface area contributed by atoms with E-state index in [0.29, 0.717) is 35.2 Å². The van der Waals surface area contributed by atoms with Gasteiger partial charge in [0.2, 0.25) is 0 Å². The normalized spacial score (nSPS) is 11.4. The quantitative estimate of drug-likeness (QED) is 0.286. The van der Waals surface area contributed by atoms with Crippen molar-refractivity contribution in [1.29, 1.82) is 0 Å². The molecule has 4 rings (SSSR count). The third-order valence-corrected chi connectivity index (χ3v) is 5.98. The Morgan fingerprint density at radius 2 is 1.59 bits per heavy atom. The third-order valence-electron chi connectivity index (χ3n) is 5.98. The highest BCUT2D eigenvalue weighted by molar-refractivity contribution is 6.08. The zero-order valence-electron chi connectivity index (χ0n) is 22.3. The number of nitrogens with one attached hydrogen (secondary N) is 2. The van der Waals surface area contributed by atoms with E-state index in [1.165, 1.54) is 0 Å². The topological polar surface area (TPSA) is 75.7 Å². The van der Waals surface area contributed by atoms with Crippen molar-refractivity contribution >= 4 is 28.2 Å². The van der Waals surface area contributed by atoms with E-state index in [2.05, 4.69) is 47.4 Å². The summed E-state index contributed by atoms with van der Waals surface area (Å²) in [6.45, 7) is 7.15. The van der Waals surface area contributed by atoms with Crippen LogP contribution in [0, 0.1) is 0 Å². The number of methoxy groups -OCH3 is 1. The van der Waals surface area contributed by atoms with Crippen molar-refractivity contribution in [1.82, 2.24) is 9.88 Å². The van der Waals surface area contributed by atoms with Crippen LogP contribution in [0.2, 0.25) is 0 Å². The van der Waals surface area contributed by atoms with E-state index >= 15 is 0 Å². The molecule has 0 bridgehead atoms. The molecule has 2 N–H and O–H groups in total. The molecule has 2 amide bonds. The SMILES string of the molecule is COc1c(CN(C)C)cc(C(C)(C)C)cc1NC(=O)Nc1ccc(Oc2ccncc2)c2ccccc12. The Morgan fingerprint density at radius 1 is 0.919 bits per heavy atom. The number of amides is 2. The molecule has 3 aromatic carbocycles. The summed E-state index contributed by atoms with van der Waals surface area (Å²) in [5.74, 6) is 2.04. The van der Waals surface area contributed by atoms with Crippen molar-refractivity contribution in [2.45, 2.75) is 32.7 Å². The molecule has 0 fully saturated rings. The van der Waals surface area contributed by atoms with Gasteiger partial charge in [-0.1, -0.05) is 51.1 Å². The summed E-state index contributed by atoms with van der Waals surface area (Å²) in [7, 11) is 5.65. The second-order valence-corrected chi connectivity index (χ2v) is 10.2. The maximum absolute atomic E-state index is 13.2. The lowest BCUT2D eigenvalue weighted by Gasteiger charge is -2.25. The first-order chi connectivity index (χ1) is 17.7. The van der Waals surface area contributed by atoms with E-state index in [1.807, 2.05) is 56.6 Å². The largest absolute Gasteiger partial charge is 0.494 e. The second-order valence-electron chi connectivity index (χ2n) is 10.2. The van der Waals surface area contributed by atoms with Crippen LogP contribution in [-0.2, 0) is 12.0 Å². The van der Waals surface area contributed by atoms with Crippen LogP contribution in [0.5, 0.6) is 17.2 Å². The fourth-order valence-electron chi connectivity index (χ4n) is 4.19. The van der Waals surface area contributed by atoms with Crippen molar-refractivity contribution in [2.75, 3.05) is 31.8 Å². The molecule has 192 valence electrons. The lowest BCUT2D eigenvalue weighted by Crippen LogP contribution is -2.22. The molecule has 0 atom stereocenters. The number of ether oxygens (including phenoxy) is 2. The molecule has 0 aliphatic carbocycles. The maximum atomic E-state index is 13.2. The van der Waals surface area contributed by atoms with Gasteiger partial charge in [0, 0.05) is 35.3 Å². The van der Waals surface area contributed by atoms with Gasteiger partial charge in [-0.2, -0.15) is 0 Å². The number of aromatic nitrogens is 1. The van der Waals surface area contributed by atoms with Gasteiger partial charge in [-0.3, -0.25) is 4.98 Å². The van der Waals surface area contributed by atoms with Crippen molar-refractivity contribution in [3.63, 3.8) is 0 Å². The lowest BCUT2D eigenvalue weighted by atomic mass is 9.85. The first-order valence-electron chi connectivity index (χ1n) is 12.2. The Labute approximate surface area is 218 Å². The highest BCUT2D eigenvalue weighted by atomic mass is 16.5. The number of carbonyl (C=O) groups is 1. The molecule has 0 unspecified atom stereocenters. The number of fused-ring (bicyclic) bond motifs is 1. The molecule has 37 heavy (non-hydrogen) atoms. The number of anilines is 2. The fraction of sp³-hybridized carbons (Fsp3) is 0.267. The number of benzene rings is 3. The number of carbonyl (C=O) groups excluding carboxylic acids is 1. The predicted molar refractivity (Wildman–Crippen MR) is 150 cm³/mol. The Morgan fingerprint density at radius 3 is 2.24 bits per heavy atom. The smallest absolute Gasteiger partial charge is 0.323 e. The molecular weight excluding hydrogens is 464 g/mol. The zero-order chi connectivity index (χ0) is 26.6. The second kappa shape index (κ2) is 10.9. The molecule has 1 aromatic heterocycles. The van der Waals surface area contributed by atoms with E-state index in [4.69, 9.17) is 9.47 Å². The predicted octanol–water partition coefficient (Wildman–Crippen LogP) is 7.04. The maximum Gasteiger partial charge on any atom is 0.323 e. The Bertz CT molecular complexity index is 1400. The molecule has 0 radical (unpaired) electrons. The Balaban J connectivity index is 1.64. The number of pyridine rings is 1. The summed E-state index contributed by atoms with van der Waals surface area (Å²) >= 11 is 0. The highest BCUT2D eigenvalue weighted by Gasteiger charge is 2.21. The molecule has 7 nitrogen and oxygen atoms in total. The summed E-state index contributed by atoms with van der Waals surface area (Å²) in [5.41, 5.74) is 3.34. The zero-order valence-corrected chi connectivity index (χ0v) is 22.3. The van der Waals surface area contributed by atoms with Gasteiger partial charge in [0.15, 0.2) is 0 Å². The summed E-state index contributed by atoms with van der Waals surface area (Å²) in [6, 6.07) is 18.9. The van der Waals surface area contributed by atoms with Gasteiger partial charge < -0.3 is 25.0 Å². The monoisotopic (exact) mass is 498 g/mol. The van der Waals surface area contributed by atoms with Gasteiger partial charge in [-0.05, 0) is 55.4 Å². The van der Waals surface area contributed by atoms with Crippen LogP contribution >= 0.6 is 0 Å². The van der Waals surface area contributed by atoms with Gasteiger partial charge in [-0.15, -0.1) is 0 Å². The van der Waals surface area contributed by atoms with Crippen LogP contribution in [0.15, 0.2) is 73.1 Å². The third kappa shape index (κ3) is 6.19. The number of urea groups is 1. The standard InChI is InChI=1S/C30H34N4O3/c1-30(2,3)21-17-20(19-34(4)5)28(36-6)26(18-21)33-29(35)32-25-11-12-27(24-10-8-7-9-23(24)25)37-22-13-15-31-16-14-22/h7-18H,19H2,1-6H3,(H2,32,33,35). The molecule has 7 heteroatoms. The van der Waals surface area contributed by atoms with Gasteiger partial charge >= 0.3 is 6.03 Å². The average Bonchev–Trinajstić information content (AvgIpc) is 2.85. The van der Waals surface area contributed by atoms with Crippen molar-refractivity contribution in [3.8, 4) is 17.2 Å². The number of rotatable bonds is 7. The number of hydrogen-bond donors (Lipinski definition) is 2. The Hall–Kier alpha value is -4.10. The highest BCUT2D eigenvalue weighted by Crippen LogP contribution is 2.37. The van der Waals surface area contributed by atoms with Crippen LogP contribution < -0.4 is 20.1 Å². The van der Waals surface area contributed by atoms with E-state index < -0.39 is 0 Å². The van der Waals surface area contributed by atoms with Crippen molar-refractivity contribution in [3.05, 3.63) is 84.2 Å². The minimum atomic E-state index is -0.354. The van der Waals surface area contributed by atoms with Crippen molar-refractivity contribution in [2.24, 2.45) is 0 Å². The van der Waals surface area contributed by atoms with Crippen LogP contribution in [0.3, 0.4) is 0 Å². The van der Waals surface area contributed by atoms with Crippen LogP contribution in [0.25, 0.3) is 10.8 Å². The Kier molecular flexibility index (Phi) is 7.64. The number of nitrogens with zero attached hydrogens (tertiary/aromatic N) is 2. The summed E-state index contributed by atoms with van der Waals surface area (Å²) in [4.78, 5) is 19.4. The van der Waals surface area contributed by atoms with Gasteiger partial charge in [0.1, 0.15) is 17.2 Å². The number of hydrogen-bond acceptors (Lipinski definition) is 5. The molecule has 0 saturated heterocycles. The van der Waals surface area contributed by atoms with Crippen LogP contribution in [-0.4, -0.2) is 37.1 Å². The summed E-state index contributed by atoms with van der Waals surface area (Å²) < 4.78 is 11.8. The summed E-state index contributed by atoms with van der Waals surface area (Å²) in [5, 5.41) is 7.79. The molecule has 4 aromatic rings. The summed E-state index contributed by atoms with van der Waals surface area (Å²) in [6.07, 6.45) is 3.37. The molecule has 0 aliphatic rings. The fourth-order valence-corrected chi connectivity index (χ4v) is 4.19. The van der Waals surface area contributed by atoms with E-state index in [9.17, 15) is 4.79 Å². The molecule has 1 heterocycles. The lowest BCUT2D eigenvalue weighted by molar-refractivity contribution is 0.262. The van der Waals surface area contributed by atoms with E-state index in [-0.39, 0.29) is 11.4 Å². The van der Waals surface area contributed by atoms with E-state index in [0.717, 1.165) is 21.9 Å². The minimum absolute atomic E-state index is 0.0961. The van der Waals surface area contributed by atoms with Gasteiger partial charge in [0.05, 0.1) is 18.5 Å². The molecular formula is C30H34N4O3.